The van der Waals surface area contributed by atoms with Crippen molar-refractivity contribution in [2.24, 2.45) is 0 Å². The van der Waals surface area contributed by atoms with Gasteiger partial charge in [-0.15, -0.1) is 11.3 Å². The fourth-order valence-electron chi connectivity index (χ4n) is 2.27. The Labute approximate surface area is 106 Å². The highest BCUT2D eigenvalue weighted by molar-refractivity contribution is 7.12. The van der Waals surface area contributed by atoms with Gasteiger partial charge in [-0.3, -0.25) is 9.69 Å². The zero-order chi connectivity index (χ0) is 12.4. The van der Waals surface area contributed by atoms with Crippen LogP contribution in [0.2, 0.25) is 0 Å². The quantitative estimate of drug-likeness (QED) is 0.838. The van der Waals surface area contributed by atoms with Gasteiger partial charge < -0.3 is 5.11 Å². The maximum Gasteiger partial charge on any atom is 0.177 e. The minimum Gasteiger partial charge on any atom is -0.393 e. The molecule has 1 aromatic rings. The van der Waals surface area contributed by atoms with E-state index in [9.17, 15) is 9.90 Å². The van der Waals surface area contributed by atoms with Crippen LogP contribution in [0.3, 0.4) is 0 Å². The fraction of sp³-hybridized carbons (Fsp3) is 0.615. The van der Waals surface area contributed by atoms with Crippen LogP contribution in [0, 0.1) is 13.8 Å². The number of rotatable bonds is 3. The normalized spacial score (nSPS) is 18.5. The number of likely N-dealkylation sites (tertiary alicyclic amines) is 1. The molecular formula is C13H19NO2S. The van der Waals surface area contributed by atoms with E-state index < -0.39 is 0 Å². The van der Waals surface area contributed by atoms with E-state index in [-0.39, 0.29) is 11.9 Å². The van der Waals surface area contributed by atoms with Gasteiger partial charge in [0.05, 0.1) is 12.6 Å². The predicted octanol–water partition coefficient (Wildman–Crippen LogP) is 2.00. The number of aliphatic hydroxyl groups is 1. The van der Waals surface area contributed by atoms with Crippen molar-refractivity contribution in [3.8, 4) is 0 Å². The molecule has 0 saturated carbocycles. The molecule has 0 unspecified atom stereocenters. The van der Waals surface area contributed by atoms with Gasteiger partial charge >= 0.3 is 0 Å². The van der Waals surface area contributed by atoms with Crippen LogP contribution >= 0.6 is 11.3 Å². The summed E-state index contributed by atoms with van der Waals surface area (Å²) in [7, 11) is 0. The predicted molar refractivity (Wildman–Crippen MR) is 69.8 cm³/mol. The second-order valence-electron chi connectivity index (χ2n) is 4.76. The van der Waals surface area contributed by atoms with Crippen molar-refractivity contribution in [2.45, 2.75) is 32.8 Å². The molecule has 1 aliphatic heterocycles. The summed E-state index contributed by atoms with van der Waals surface area (Å²) in [4.78, 5) is 16.6. The van der Waals surface area contributed by atoms with Gasteiger partial charge in [0.2, 0.25) is 0 Å². The van der Waals surface area contributed by atoms with Gasteiger partial charge in [-0.05, 0) is 32.8 Å². The molecule has 0 amide bonds. The molecule has 0 aromatic carbocycles. The van der Waals surface area contributed by atoms with Gasteiger partial charge in [0, 0.05) is 28.4 Å². The minimum absolute atomic E-state index is 0.175. The summed E-state index contributed by atoms with van der Waals surface area (Å²) in [6, 6.07) is 1.99. The van der Waals surface area contributed by atoms with Crippen LogP contribution in [0.5, 0.6) is 0 Å². The molecule has 17 heavy (non-hydrogen) atoms. The van der Waals surface area contributed by atoms with Gasteiger partial charge in [-0.2, -0.15) is 0 Å². The smallest absolute Gasteiger partial charge is 0.177 e. The van der Waals surface area contributed by atoms with Crippen molar-refractivity contribution in [1.29, 1.82) is 0 Å². The molecule has 2 heterocycles. The molecular weight excluding hydrogens is 234 g/mol. The average Bonchev–Trinajstić information content (AvgIpc) is 2.61. The molecule has 94 valence electrons. The number of aliphatic hydroxyl groups excluding tert-OH is 1. The number of hydrogen-bond donors (Lipinski definition) is 1. The minimum atomic E-state index is -0.175. The van der Waals surface area contributed by atoms with Gasteiger partial charge in [0.15, 0.2) is 5.78 Å². The van der Waals surface area contributed by atoms with E-state index in [1.165, 1.54) is 4.88 Å². The number of hydrogen-bond acceptors (Lipinski definition) is 4. The standard InChI is InChI=1S/C13H19NO2S/c1-9-7-12(10(2)17-9)13(16)8-14-5-3-11(15)4-6-14/h7,11,15H,3-6,8H2,1-2H3. The van der Waals surface area contributed by atoms with Crippen molar-refractivity contribution < 1.29 is 9.90 Å². The Morgan fingerprint density at radius 1 is 1.47 bits per heavy atom. The third-order valence-electron chi connectivity index (χ3n) is 3.27. The first-order chi connectivity index (χ1) is 8.06. The van der Waals surface area contributed by atoms with Crippen LogP contribution in [0.15, 0.2) is 6.07 Å². The van der Waals surface area contributed by atoms with Crippen LogP contribution in [0.25, 0.3) is 0 Å². The van der Waals surface area contributed by atoms with Crippen molar-refractivity contribution >= 4 is 17.1 Å². The number of ketones is 1. The Morgan fingerprint density at radius 3 is 2.65 bits per heavy atom. The van der Waals surface area contributed by atoms with Gasteiger partial charge in [0.1, 0.15) is 0 Å². The summed E-state index contributed by atoms with van der Waals surface area (Å²) < 4.78 is 0. The van der Waals surface area contributed by atoms with E-state index in [1.54, 1.807) is 11.3 Å². The number of thiophene rings is 1. The van der Waals surface area contributed by atoms with E-state index in [0.717, 1.165) is 36.4 Å². The number of Topliss-reactive ketones (excluding diaryl/α,β-unsaturated/α-hetero) is 1. The maximum absolute atomic E-state index is 12.1. The molecule has 3 nitrogen and oxygen atoms in total. The van der Waals surface area contributed by atoms with E-state index in [1.807, 2.05) is 19.9 Å². The Bertz CT molecular complexity index is 406. The monoisotopic (exact) mass is 253 g/mol. The van der Waals surface area contributed by atoms with E-state index in [0.29, 0.717) is 6.54 Å². The molecule has 1 saturated heterocycles. The molecule has 0 aliphatic carbocycles. The Balaban J connectivity index is 1.95. The number of carbonyl (C=O) groups is 1. The summed E-state index contributed by atoms with van der Waals surface area (Å²) in [5, 5.41) is 9.42. The van der Waals surface area contributed by atoms with Gasteiger partial charge in [-0.25, -0.2) is 0 Å². The molecule has 0 radical (unpaired) electrons. The van der Waals surface area contributed by atoms with Gasteiger partial charge in [-0.1, -0.05) is 0 Å². The first kappa shape index (κ1) is 12.7. The highest BCUT2D eigenvalue weighted by Gasteiger charge is 2.20. The lowest BCUT2D eigenvalue weighted by molar-refractivity contribution is 0.0711. The molecule has 4 heteroatoms. The molecule has 0 atom stereocenters. The second kappa shape index (κ2) is 5.29. The molecule has 1 aromatic heterocycles. The Hall–Kier alpha value is -0.710. The number of piperidine rings is 1. The summed E-state index contributed by atoms with van der Waals surface area (Å²) in [5.41, 5.74) is 0.874. The molecule has 2 rings (SSSR count). The number of nitrogens with zero attached hydrogens (tertiary/aromatic N) is 1. The van der Waals surface area contributed by atoms with Crippen LogP contribution in [-0.4, -0.2) is 41.5 Å². The summed E-state index contributed by atoms with van der Waals surface area (Å²) >= 11 is 1.68. The average molecular weight is 253 g/mol. The highest BCUT2D eigenvalue weighted by atomic mass is 32.1. The fourth-order valence-corrected chi connectivity index (χ4v) is 3.22. The highest BCUT2D eigenvalue weighted by Crippen LogP contribution is 2.21. The lowest BCUT2D eigenvalue weighted by Crippen LogP contribution is -2.39. The zero-order valence-corrected chi connectivity index (χ0v) is 11.2. The van der Waals surface area contributed by atoms with Crippen LogP contribution in [0.1, 0.15) is 33.0 Å². The van der Waals surface area contributed by atoms with E-state index in [4.69, 9.17) is 0 Å². The van der Waals surface area contributed by atoms with Gasteiger partial charge in [0.25, 0.3) is 0 Å². The van der Waals surface area contributed by atoms with Crippen molar-refractivity contribution in [3.05, 3.63) is 21.4 Å². The largest absolute Gasteiger partial charge is 0.393 e. The maximum atomic E-state index is 12.1. The molecule has 0 bridgehead atoms. The van der Waals surface area contributed by atoms with E-state index in [2.05, 4.69) is 4.90 Å². The Kier molecular flexibility index (Phi) is 3.97. The Morgan fingerprint density at radius 2 is 2.12 bits per heavy atom. The molecule has 1 aliphatic rings. The third kappa shape index (κ3) is 3.15. The SMILES string of the molecule is Cc1cc(C(=O)CN2CCC(O)CC2)c(C)s1. The number of carbonyl (C=O) groups excluding carboxylic acids is 1. The van der Waals surface area contributed by atoms with Crippen molar-refractivity contribution in [2.75, 3.05) is 19.6 Å². The van der Waals surface area contributed by atoms with Crippen molar-refractivity contribution in [3.63, 3.8) is 0 Å². The van der Waals surface area contributed by atoms with Crippen LogP contribution < -0.4 is 0 Å². The lowest BCUT2D eigenvalue weighted by Gasteiger charge is -2.28. The molecule has 0 spiro atoms. The first-order valence-corrected chi connectivity index (χ1v) is 6.88. The zero-order valence-electron chi connectivity index (χ0n) is 10.4. The molecule has 1 N–H and O–H groups in total. The van der Waals surface area contributed by atoms with E-state index >= 15 is 0 Å². The number of aryl methyl sites for hydroxylation is 2. The summed E-state index contributed by atoms with van der Waals surface area (Å²) in [6.07, 6.45) is 1.40. The van der Waals surface area contributed by atoms with Crippen molar-refractivity contribution in [1.82, 2.24) is 4.90 Å². The first-order valence-electron chi connectivity index (χ1n) is 6.07. The summed E-state index contributed by atoms with van der Waals surface area (Å²) in [5.74, 6) is 0.211. The van der Waals surface area contributed by atoms with Crippen LogP contribution in [0.4, 0.5) is 0 Å². The summed E-state index contributed by atoms with van der Waals surface area (Å²) in [6.45, 7) is 6.18. The lowest BCUT2D eigenvalue weighted by atomic mass is 10.1. The second-order valence-corrected chi connectivity index (χ2v) is 6.22. The third-order valence-corrected chi connectivity index (χ3v) is 4.23. The molecule has 1 fully saturated rings. The van der Waals surface area contributed by atoms with Crippen LogP contribution in [-0.2, 0) is 0 Å². The topological polar surface area (TPSA) is 40.5 Å².